The second-order valence-corrected chi connectivity index (χ2v) is 6.77. The molecule has 23 heavy (non-hydrogen) atoms. The van der Waals surface area contributed by atoms with E-state index in [1.54, 1.807) is 34.9 Å². The predicted octanol–water partition coefficient (Wildman–Crippen LogP) is 2.30. The second kappa shape index (κ2) is 5.81. The van der Waals surface area contributed by atoms with Crippen molar-refractivity contribution in [2.45, 2.75) is 24.2 Å². The Morgan fingerprint density at radius 1 is 1.35 bits per heavy atom. The number of carbonyl (C=O) groups excluding carboxylic acids is 2. The van der Waals surface area contributed by atoms with E-state index in [2.05, 4.69) is 10.1 Å². The van der Waals surface area contributed by atoms with Crippen LogP contribution in [0.4, 0.5) is 0 Å². The molecule has 2 heterocycles. The lowest BCUT2D eigenvalue weighted by Crippen LogP contribution is -2.16. The van der Waals surface area contributed by atoms with Gasteiger partial charge in [0.25, 0.3) is 0 Å². The number of ether oxygens (including phenoxy) is 1. The largest absolute Gasteiger partial charge is 0.489 e. The van der Waals surface area contributed by atoms with Crippen molar-refractivity contribution in [1.82, 2.24) is 14.8 Å². The number of fused-ring (bicyclic) bond motifs is 1. The van der Waals surface area contributed by atoms with Gasteiger partial charge in [0.1, 0.15) is 24.1 Å². The van der Waals surface area contributed by atoms with Crippen LogP contribution in [0.25, 0.3) is 5.69 Å². The van der Waals surface area contributed by atoms with E-state index >= 15 is 0 Å². The molecular weight excluding hydrogens is 314 g/mol. The van der Waals surface area contributed by atoms with Crippen molar-refractivity contribution in [3.05, 3.63) is 30.4 Å². The fourth-order valence-corrected chi connectivity index (χ4v) is 3.66. The fourth-order valence-electron chi connectivity index (χ4n) is 2.66. The first-order valence-corrected chi connectivity index (χ1v) is 8.56. The van der Waals surface area contributed by atoms with Crippen molar-refractivity contribution < 1.29 is 14.3 Å². The number of hydrogen-bond donors (Lipinski definition) is 0. The summed E-state index contributed by atoms with van der Waals surface area (Å²) >= 11 is 1.59. The molecule has 1 aliphatic carbocycles. The van der Waals surface area contributed by atoms with Gasteiger partial charge in [0.2, 0.25) is 0 Å². The van der Waals surface area contributed by atoms with Gasteiger partial charge < -0.3 is 4.74 Å². The molecule has 118 valence electrons. The molecule has 0 N–H and O–H groups in total. The van der Waals surface area contributed by atoms with Crippen LogP contribution in [0.2, 0.25) is 0 Å². The van der Waals surface area contributed by atoms with Gasteiger partial charge in [-0.2, -0.15) is 5.10 Å². The third-order valence-corrected chi connectivity index (χ3v) is 5.07. The second-order valence-electron chi connectivity index (χ2n) is 5.67. The van der Waals surface area contributed by atoms with Crippen LogP contribution in [0.15, 0.2) is 29.7 Å². The molecule has 6 nitrogen and oxygen atoms in total. The van der Waals surface area contributed by atoms with Crippen molar-refractivity contribution in [2.24, 2.45) is 5.92 Å². The first-order chi connectivity index (χ1) is 11.2. The standard InChI is InChI=1S/C16H15N3O3S/c20-13(10-1-2-10)7-14(21)11-3-4-12(19-9-17-8-18-19)15-16(11)23-6-5-22-15/h3-4,8-10H,1-2,5-7H2. The summed E-state index contributed by atoms with van der Waals surface area (Å²) in [5, 5.41) is 4.13. The third kappa shape index (κ3) is 2.76. The molecule has 1 aromatic carbocycles. The summed E-state index contributed by atoms with van der Waals surface area (Å²) in [6.45, 7) is 0.581. The molecule has 2 aromatic rings. The molecule has 1 aromatic heterocycles. The van der Waals surface area contributed by atoms with E-state index in [0.717, 1.165) is 29.2 Å². The van der Waals surface area contributed by atoms with Crippen molar-refractivity contribution in [3.63, 3.8) is 0 Å². The molecule has 7 heteroatoms. The SMILES string of the molecule is O=C(CC(=O)C1CC1)c1ccc(-n2cncn2)c2c1SCCO2. The van der Waals surface area contributed by atoms with Crippen molar-refractivity contribution in [3.8, 4) is 11.4 Å². The zero-order chi connectivity index (χ0) is 15.8. The van der Waals surface area contributed by atoms with Crippen molar-refractivity contribution in [1.29, 1.82) is 0 Å². The average molecular weight is 329 g/mol. The number of carbonyl (C=O) groups is 2. The Kier molecular flexibility index (Phi) is 3.65. The number of benzene rings is 1. The molecule has 0 spiro atoms. The van der Waals surface area contributed by atoms with E-state index in [1.165, 1.54) is 6.33 Å². The molecule has 0 saturated heterocycles. The highest BCUT2D eigenvalue weighted by molar-refractivity contribution is 7.99. The molecular formula is C16H15N3O3S. The van der Waals surface area contributed by atoms with Gasteiger partial charge in [0.15, 0.2) is 11.5 Å². The number of aromatic nitrogens is 3. The maximum Gasteiger partial charge on any atom is 0.171 e. The van der Waals surface area contributed by atoms with Gasteiger partial charge in [-0.3, -0.25) is 9.59 Å². The summed E-state index contributed by atoms with van der Waals surface area (Å²) in [5.41, 5.74) is 1.33. The minimum absolute atomic E-state index is 0.0136. The monoisotopic (exact) mass is 329 g/mol. The van der Waals surface area contributed by atoms with Crippen LogP contribution >= 0.6 is 11.8 Å². The summed E-state index contributed by atoms with van der Waals surface area (Å²) < 4.78 is 7.41. The Hall–Kier alpha value is -2.15. The fraction of sp³-hybridized carbons (Fsp3) is 0.375. The number of ketones is 2. The molecule has 0 bridgehead atoms. The molecule has 0 amide bonds. The lowest BCUT2D eigenvalue weighted by Gasteiger charge is -2.22. The number of rotatable bonds is 5. The Morgan fingerprint density at radius 3 is 2.96 bits per heavy atom. The molecule has 4 rings (SSSR count). The maximum absolute atomic E-state index is 12.5. The lowest BCUT2D eigenvalue weighted by atomic mass is 10.0. The number of hydrogen-bond acceptors (Lipinski definition) is 6. The quantitative estimate of drug-likeness (QED) is 0.619. The van der Waals surface area contributed by atoms with Crippen LogP contribution in [0.3, 0.4) is 0 Å². The molecule has 0 unspecified atom stereocenters. The topological polar surface area (TPSA) is 74.1 Å². The summed E-state index contributed by atoms with van der Waals surface area (Å²) in [7, 11) is 0. The van der Waals surface area contributed by atoms with Gasteiger partial charge in [0.05, 0.1) is 17.9 Å². The van der Waals surface area contributed by atoms with E-state index in [0.29, 0.717) is 17.9 Å². The molecule has 1 saturated carbocycles. The predicted molar refractivity (Wildman–Crippen MR) is 84.3 cm³/mol. The van der Waals surface area contributed by atoms with Gasteiger partial charge in [-0.1, -0.05) is 0 Å². The lowest BCUT2D eigenvalue weighted by molar-refractivity contribution is -0.119. The Morgan fingerprint density at radius 2 is 2.22 bits per heavy atom. The third-order valence-electron chi connectivity index (χ3n) is 4.00. The van der Waals surface area contributed by atoms with E-state index < -0.39 is 0 Å². The van der Waals surface area contributed by atoms with Gasteiger partial charge in [0, 0.05) is 17.2 Å². The number of thioether (sulfide) groups is 1. The van der Waals surface area contributed by atoms with Crippen molar-refractivity contribution >= 4 is 23.3 Å². The molecule has 0 atom stereocenters. The zero-order valence-corrected chi connectivity index (χ0v) is 13.2. The molecule has 1 fully saturated rings. The van der Waals surface area contributed by atoms with Crippen LogP contribution in [-0.4, -0.2) is 38.7 Å². The number of nitrogens with zero attached hydrogens (tertiary/aromatic N) is 3. The summed E-state index contributed by atoms with van der Waals surface area (Å²) in [5.74, 6) is 1.47. The number of Topliss-reactive ketones (excluding diaryl/α,β-unsaturated/α-hetero) is 2. The van der Waals surface area contributed by atoms with E-state index in [9.17, 15) is 9.59 Å². The normalized spacial score (nSPS) is 16.5. The minimum Gasteiger partial charge on any atom is -0.489 e. The summed E-state index contributed by atoms with van der Waals surface area (Å²) in [4.78, 5) is 29.2. The zero-order valence-electron chi connectivity index (χ0n) is 12.4. The van der Waals surface area contributed by atoms with Crippen LogP contribution in [-0.2, 0) is 4.79 Å². The Labute approximate surface area is 137 Å². The highest BCUT2D eigenvalue weighted by Crippen LogP contribution is 2.41. The molecule has 2 aliphatic rings. The van der Waals surface area contributed by atoms with E-state index in [4.69, 9.17) is 4.74 Å². The highest BCUT2D eigenvalue weighted by atomic mass is 32.2. The van der Waals surface area contributed by atoms with Crippen LogP contribution < -0.4 is 4.74 Å². The van der Waals surface area contributed by atoms with Crippen molar-refractivity contribution in [2.75, 3.05) is 12.4 Å². The molecule has 1 aliphatic heterocycles. The van der Waals surface area contributed by atoms with E-state index in [1.807, 2.05) is 0 Å². The summed E-state index contributed by atoms with van der Waals surface area (Å²) in [6, 6.07) is 3.56. The van der Waals surface area contributed by atoms with Crippen LogP contribution in [0.5, 0.6) is 5.75 Å². The van der Waals surface area contributed by atoms with E-state index in [-0.39, 0.29) is 23.9 Å². The van der Waals surface area contributed by atoms with Gasteiger partial charge in [-0.15, -0.1) is 11.8 Å². The maximum atomic E-state index is 12.5. The highest BCUT2D eigenvalue weighted by Gasteiger charge is 2.32. The molecule has 0 radical (unpaired) electrons. The van der Waals surface area contributed by atoms with Gasteiger partial charge in [-0.05, 0) is 25.0 Å². The smallest absolute Gasteiger partial charge is 0.171 e. The van der Waals surface area contributed by atoms with Gasteiger partial charge >= 0.3 is 0 Å². The Balaban J connectivity index is 1.70. The Bertz CT molecular complexity index is 769. The minimum atomic E-state index is -0.124. The first kappa shape index (κ1) is 14.4. The average Bonchev–Trinajstić information content (AvgIpc) is 3.29. The van der Waals surface area contributed by atoms with Crippen LogP contribution in [0.1, 0.15) is 29.6 Å². The van der Waals surface area contributed by atoms with Crippen LogP contribution in [0, 0.1) is 5.92 Å². The van der Waals surface area contributed by atoms with Gasteiger partial charge in [-0.25, -0.2) is 9.67 Å². The first-order valence-electron chi connectivity index (χ1n) is 7.57. The summed E-state index contributed by atoms with van der Waals surface area (Å²) in [6.07, 6.45) is 4.88.